The molecule has 0 saturated carbocycles. The van der Waals surface area contributed by atoms with Gasteiger partial charge in [-0.1, -0.05) is 18.2 Å². The molecule has 3 rings (SSSR count). The van der Waals surface area contributed by atoms with E-state index in [-0.39, 0.29) is 17.8 Å². The van der Waals surface area contributed by atoms with Gasteiger partial charge < -0.3 is 10.2 Å². The third-order valence-electron chi connectivity index (χ3n) is 4.48. The number of hydrogen-bond donors (Lipinski definition) is 1. The molecule has 0 aliphatic carbocycles. The van der Waals surface area contributed by atoms with Crippen molar-refractivity contribution < 1.29 is 9.18 Å². The van der Waals surface area contributed by atoms with Gasteiger partial charge in [0.2, 0.25) is 5.91 Å². The highest BCUT2D eigenvalue weighted by molar-refractivity contribution is 5.78. The summed E-state index contributed by atoms with van der Waals surface area (Å²) in [7, 11) is 0. The Morgan fingerprint density at radius 2 is 2.00 bits per heavy atom. The molecule has 0 radical (unpaired) electrons. The van der Waals surface area contributed by atoms with Crippen LogP contribution in [0, 0.1) is 5.82 Å². The fourth-order valence-corrected chi connectivity index (χ4v) is 3.12. The third kappa shape index (κ3) is 4.17. The quantitative estimate of drug-likeness (QED) is 0.795. The van der Waals surface area contributed by atoms with Crippen LogP contribution in [0.4, 0.5) is 4.39 Å². The van der Waals surface area contributed by atoms with Gasteiger partial charge in [0.15, 0.2) is 0 Å². The van der Waals surface area contributed by atoms with Crippen LogP contribution in [0.25, 0.3) is 0 Å². The number of rotatable bonds is 7. The Morgan fingerprint density at radius 1 is 1.21 bits per heavy atom. The summed E-state index contributed by atoms with van der Waals surface area (Å²) in [5.74, 6) is -0.121. The van der Waals surface area contributed by atoms with Crippen LogP contribution < -0.4 is 5.32 Å². The minimum Gasteiger partial charge on any atom is -0.335 e. The summed E-state index contributed by atoms with van der Waals surface area (Å²) in [6, 6.07) is 10.8. The van der Waals surface area contributed by atoms with Crippen LogP contribution >= 0.6 is 0 Å². The van der Waals surface area contributed by atoms with Gasteiger partial charge >= 0.3 is 0 Å². The molecule has 1 unspecified atom stereocenters. The molecule has 1 aromatic carbocycles. The SMILES string of the molecule is O=C1CCC(CCNCc2ccncc2)N1Cc1ccccc1F. The molecule has 1 aliphatic rings. The number of pyridine rings is 1. The summed E-state index contributed by atoms with van der Waals surface area (Å²) in [6.45, 7) is 1.98. The molecule has 2 aromatic rings. The molecule has 1 aromatic heterocycles. The van der Waals surface area contributed by atoms with Crippen LogP contribution in [0.15, 0.2) is 48.8 Å². The Balaban J connectivity index is 1.51. The number of hydrogen-bond acceptors (Lipinski definition) is 3. The second-order valence-corrected chi connectivity index (χ2v) is 6.13. The normalized spacial score (nSPS) is 17.5. The van der Waals surface area contributed by atoms with E-state index in [1.54, 1.807) is 24.5 Å². The van der Waals surface area contributed by atoms with Gasteiger partial charge in [0, 0.05) is 43.5 Å². The van der Waals surface area contributed by atoms with Gasteiger partial charge in [-0.15, -0.1) is 0 Å². The van der Waals surface area contributed by atoms with E-state index in [0.29, 0.717) is 18.5 Å². The molecule has 126 valence electrons. The maximum absolute atomic E-state index is 13.8. The molecular formula is C19H22FN3O. The molecule has 24 heavy (non-hydrogen) atoms. The first kappa shape index (κ1) is 16.6. The van der Waals surface area contributed by atoms with Gasteiger partial charge in [0.05, 0.1) is 0 Å². The Labute approximate surface area is 141 Å². The summed E-state index contributed by atoms with van der Waals surface area (Å²) >= 11 is 0. The standard InChI is InChI=1S/C19H22FN3O/c20-18-4-2-1-3-16(18)14-23-17(5-6-19(23)24)9-12-22-13-15-7-10-21-11-8-15/h1-4,7-8,10-11,17,22H,5-6,9,12-14H2. The summed E-state index contributed by atoms with van der Waals surface area (Å²) in [5, 5.41) is 3.40. The van der Waals surface area contributed by atoms with Crippen LogP contribution in [-0.4, -0.2) is 28.4 Å². The van der Waals surface area contributed by atoms with Gasteiger partial charge in [-0.3, -0.25) is 9.78 Å². The predicted molar refractivity (Wildman–Crippen MR) is 90.5 cm³/mol. The molecule has 1 atom stereocenters. The highest BCUT2D eigenvalue weighted by Crippen LogP contribution is 2.24. The van der Waals surface area contributed by atoms with Crippen LogP contribution in [0.1, 0.15) is 30.4 Å². The number of carbonyl (C=O) groups is 1. The lowest BCUT2D eigenvalue weighted by Gasteiger charge is -2.25. The lowest BCUT2D eigenvalue weighted by atomic mass is 10.1. The van der Waals surface area contributed by atoms with E-state index in [4.69, 9.17) is 0 Å². The monoisotopic (exact) mass is 327 g/mol. The van der Waals surface area contributed by atoms with Gasteiger partial charge in [-0.2, -0.15) is 0 Å². The van der Waals surface area contributed by atoms with Crippen LogP contribution in [0.5, 0.6) is 0 Å². The largest absolute Gasteiger partial charge is 0.335 e. The highest BCUT2D eigenvalue weighted by Gasteiger charge is 2.30. The zero-order valence-corrected chi connectivity index (χ0v) is 13.6. The summed E-state index contributed by atoms with van der Waals surface area (Å²) in [6.07, 6.45) is 5.85. The number of halogens is 1. The van der Waals surface area contributed by atoms with E-state index in [1.807, 2.05) is 23.1 Å². The molecule has 5 heteroatoms. The Morgan fingerprint density at radius 3 is 2.79 bits per heavy atom. The van der Waals surface area contributed by atoms with E-state index in [9.17, 15) is 9.18 Å². The van der Waals surface area contributed by atoms with Crippen molar-refractivity contribution in [2.75, 3.05) is 6.54 Å². The number of amides is 1. The van der Waals surface area contributed by atoms with Crippen molar-refractivity contribution in [3.8, 4) is 0 Å². The molecule has 1 fully saturated rings. The molecule has 1 saturated heterocycles. The molecule has 1 N–H and O–H groups in total. The number of nitrogens with zero attached hydrogens (tertiary/aromatic N) is 2. The first-order valence-electron chi connectivity index (χ1n) is 8.36. The minimum absolute atomic E-state index is 0.123. The van der Waals surface area contributed by atoms with Crippen LogP contribution in [-0.2, 0) is 17.9 Å². The molecular weight excluding hydrogens is 305 g/mol. The molecule has 0 bridgehead atoms. The van der Waals surface area contributed by atoms with Crippen molar-refractivity contribution in [1.82, 2.24) is 15.2 Å². The predicted octanol–water partition coefficient (Wildman–Crippen LogP) is 2.89. The van der Waals surface area contributed by atoms with E-state index in [0.717, 1.165) is 25.9 Å². The molecule has 1 aliphatic heterocycles. The van der Waals surface area contributed by atoms with Crippen LogP contribution in [0.2, 0.25) is 0 Å². The van der Waals surface area contributed by atoms with Crippen molar-refractivity contribution in [3.05, 3.63) is 65.7 Å². The molecule has 2 heterocycles. The number of benzene rings is 1. The summed E-state index contributed by atoms with van der Waals surface area (Å²) in [5.41, 5.74) is 1.78. The highest BCUT2D eigenvalue weighted by atomic mass is 19.1. The van der Waals surface area contributed by atoms with Crippen molar-refractivity contribution in [2.45, 2.75) is 38.4 Å². The fourth-order valence-electron chi connectivity index (χ4n) is 3.12. The summed E-state index contributed by atoms with van der Waals surface area (Å²) < 4.78 is 13.8. The van der Waals surface area contributed by atoms with Crippen LogP contribution in [0.3, 0.4) is 0 Å². The van der Waals surface area contributed by atoms with Gasteiger partial charge in [0.1, 0.15) is 5.82 Å². The zero-order chi connectivity index (χ0) is 16.8. The van der Waals surface area contributed by atoms with E-state index >= 15 is 0 Å². The Hall–Kier alpha value is -2.27. The van der Waals surface area contributed by atoms with Crippen molar-refractivity contribution in [1.29, 1.82) is 0 Å². The van der Waals surface area contributed by atoms with Gasteiger partial charge in [-0.25, -0.2) is 4.39 Å². The fraction of sp³-hybridized carbons (Fsp3) is 0.368. The molecule has 4 nitrogen and oxygen atoms in total. The molecule has 1 amide bonds. The van der Waals surface area contributed by atoms with E-state index in [2.05, 4.69) is 10.3 Å². The second-order valence-electron chi connectivity index (χ2n) is 6.13. The topological polar surface area (TPSA) is 45.2 Å². The van der Waals surface area contributed by atoms with Crippen molar-refractivity contribution in [2.24, 2.45) is 0 Å². The van der Waals surface area contributed by atoms with Gasteiger partial charge in [-0.05, 0) is 43.1 Å². The first-order valence-corrected chi connectivity index (χ1v) is 8.36. The number of aromatic nitrogens is 1. The van der Waals surface area contributed by atoms with Crippen molar-refractivity contribution in [3.63, 3.8) is 0 Å². The average Bonchev–Trinajstić information content (AvgIpc) is 2.95. The number of likely N-dealkylation sites (tertiary alicyclic amines) is 1. The maximum Gasteiger partial charge on any atom is 0.223 e. The first-order chi connectivity index (χ1) is 11.7. The Bertz CT molecular complexity index is 677. The second kappa shape index (κ2) is 8.02. The zero-order valence-electron chi connectivity index (χ0n) is 13.6. The Kier molecular flexibility index (Phi) is 5.54. The lowest BCUT2D eigenvalue weighted by Crippen LogP contribution is -2.34. The van der Waals surface area contributed by atoms with E-state index < -0.39 is 0 Å². The average molecular weight is 327 g/mol. The smallest absolute Gasteiger partial charge is 0.223 e. The van der Waals surface area contributed by atoms with Gasteiger partial charge in [0.25, 0.3) is 0 Å². The number of nitrogens with one attached hydrogen (secondary N) is 1. The number of carbonyl (C=O) groups excluding carboxylic acids is 1. The summed E-state index contributed by atoms with van der Waals surface area (Å²) in [4.78, 5) is 18.0. The lowest BCUT2D eigenvalue weighted by molar-refractivity contribution is -0.129. The third-order valence-corrected chi connectivity index (χ3v) is 4.48. The maximum atomic E-state index is 13.8. The molecule has 0 spiro atoms. The minimum atomic E-state index is -0.244. The van der Waals surface area contributed by atoms with E-state index in [1.165, 1.54) is 11.6 Å². The van der Waals surface area contributed by atoms with Crippen molar-refractivity contribution >= 4 is 5.91 Å².